The molecule has 0 saturated heterocycles. The fourth-order valence-electron chi connectivity index (χ4n) is 2.55. The van der Waals surface area contributed by atoms with Gasteiger partial charge in [-0.1, -0.05) is 30.3 Å². The van der Waals surface area contributed by atoms with Crippen LogP contribution >= 0.6 is 0 Å². The molecule has 24 heavy (non-hydrogen) atoms. The third-order valence-electron chi connectivity index (χ3n) is 3.67. The van der Waals surface area contributed by atoms with E-state index in [4.69, 9.17) is 0 Å². The molecule has 0 atom stereocenters. The Hall–Kier alpha value is -3.41. The molecule has 2 heterocycles. The highest BCUT2D eigenvalue weighted by Crippen LogP contribution is 2.14. The number of imidazole rings is 1. The predicted molar refractivity (Wildman–Crippen MR) is 92.0 cm³/mol. The van der Waals surface area contributed by atoms with E-state index in [0.717, 1.165) is 22.3 Å². The van der Waals surface area contributed by atoms with Crippen LogP contribution in [-0.2, 0) is 11.2 Å². The van der Waals surface area contributed by atoms with Gasteiger partial charge in [0.2, 0.25) is 11.9 Å². The van der Waals surface area contributed by atoms with Crippen molar-refractivity contribution < 1.29 is 4.79 Å². The largest absolute Gasteiger partial charge is 0.324 e. The number of aromatic amines is 1. The van der Waals surface area contributed by atoms with Gasteiger partial charge in [-0.05, 0) is 29.8 Å². The van der Waals surface area contributed by atoms with E-state index in [-0.39, 0.29) is 12.3 Å². The maximum Gasteiger partial charge on any atom is 0.231 e. The Kier molecular flexibility index (Phi) is 3.55. The standard InChI is InChI=1S/C18H15N5O/c24-17(22-18-20-15-8-4-5-9-16(15)21-18)10-13-11-19-23(12-13)14-6-2-1-3-7-14/h1-9,11-12H,10H2,(H2,20,21,22,24). The van der Waals surface area contributed by atoms with E-state index >= 15 is 0 Å². The van der Waals surface area contributed by atoms with E-state index in [1.165, 1.54) is 0 Å². The lowest BCUT2D eigenvalue weighted by Crippen LogP contribution is -2.15. The molecule has 0 aliphatic heterocycles. The van der Waals surface area contributed by atoms with E-state index in [1.54, 1.807) is 10.9 Å². The Morgan fingerprint density at radius 1 is 1.08 bits per heavy atom. The fraction of sp³-hybridized carbons (Fsp3) is 0.0556. The zero-order valence-electron chi connectivity index (χ0n) is 12.8. The van der Waals surface area contributed by atoms with Gasteiger partial charge < -0.3 is 4.98 Å². The van der Waals surface area contributed by atoms with Gasteiger partial charge in [-0.15, -0.1) is 0 Å². The first kappa shape index (κ1) is 14.2. The van der Waals surface area contributed by atoms with Crippen LogP contribution in [0.3, 0.4) is 0 Å². The number of rotatable bonds is 4. The highest BCUT2D eigenvalue weighted by molar-refractivity contribution is 5.92. The number of benzene rings is 2. The molecule has 6 heteroatoms. The Bertz CT molecular complexity index is 954. The molecule has 0 aliphatic carbocycles. The van der Waals surface area contributed by atoms with E-state index in [0.29, 0.717) is 5.95 Å². The van der Waals surface area contributed by atoms with Crippen molar-refractivity contribution in [2.45, 2.75) is 6.42 Å². The summed E-state index contributed by atoms with van der Waals surface area (Å²) < 4.78 is 1.75. The number of anilines is 1. The van der Waals surface area contributed by atoms with Gasteiger partial charge in [0.15, 0.2) is 0 Å². The number of hydrogen-bond donors (Lipinski definition) is 2. The average molecular weight is 317 g/mol. The molecular weight excluding hydrogens is 302 g/mol. The third-order valence-corrected chi connectivity index (χ3v) is 3.67. The minimum atomic E-state index is -0.137. The molecule has 1 amide bonds. The molecule has 2 aromatic heterocycles. The molecular formula is C18H15N5O. The number of nitrogens with one attached hydrogen (secondary N) is 2. The molecule has 0 unspecified atom stereocenters. The molecule has 2 N–H and O–H groups in total. The van der Waals surface area contributed by atoms with Crippen molar-refractivity contribution >= 4 is 22.9 Å². The van der Waals surface area contributed by atoms with Gasteiger partial charge in [-0.25, -0.2) is 9.67 Å². The molecule has 0 radical (unpaired) electrons. The van der Waals surface area contributed by atoms with Gasteiger partial charge in [0.05, 0.1) is 29.3 Å². The molecule has 0 bridgehead atoms. The fourth-order valence-corrected chi connectivity index (χ4v) is 2.55. The van der Waals surface area contributed by atoms with Crippen LogP contribution in [0.1, 0.15) is 5.56 Å². The number of hydrogen-bond acceptors (Lipinski definition) is 3. The second-order valence-electron chi connectivity index (χ2n) is 5.46. The summed E-state index contributed by atoms with van der Waals surface area (Å²) >= 11 is 0. The number of para-hydroxylation sites is 3. The van der Waals surface area contributed by atoms with E-state index in [9.17, 15) is 4.79 Å². The Morgan fingerprint density at radius 3 is 2.71 bits per heavy atom. The lowest BCUT2D eigenvalue weighted by Gasteiger charge is -2.00. The normalized spacial score (nSPS) is 10.8. The van der Waals surface area contributed by atoms with Crippen LogP contribution in [0, 0.1) is 0 Å². The molecule has 4 aromatic rings. The summed E-state index contributed by atoms with van der Waals surface area (Å²) in [5.74, 6) is 0.318. The van der Waals surface area contributed by atoms with Crippen molar-refractivity contribution in [1.82, 2.24) is 19.7 Å². The SMILES string of the molecule is O=C(Cc1cnn(-c2ccccc2)c1)Nc1nc2ccccc2[nH]1. The molecule has 0 fully saturated rings. The Labute approximate surface area is 138 Å². The van der Waals surface area contributed by atoms with Crippen molar-refractivity contribution in [3.05, 3.63) is 72.6 Å². The summed E-state index contributed by atoms with van der Waals surface area (Å²) in [7, 11) is 0. The number of carbonyl (C=O) groups excluding carboxylic acids is 1. The van der Waals surface area contributed by atoms with Gasteiger partial charge in [0.1, 0.15) is 0 Å². The monoisotopic (exact) mass is 317 g/mol. The number of H-pyrrole nitrogens is 1. The number of aromatic nitrogens is 4. The van der Waals surface area contributed by atoms with Crippen molar-refractivity contribution in [2.24, 2.45) is 0 Å². The van der Waals surface area contributed by atoms with E-state index in [1.807, 2.05) is 60.8 Å². The molecule has 118 valence electrons. The second-order valence-corrected chi connectivity index (χ2v) is 5.46. The van der Waals surface area contributed by atoms with Crippen LogP contribution in [0.4, 0.5) is 5.95 Å². The van der Waals surface area contributed by atoms with Gasteiger partial charge >= 0.3 is 0 Å². The molecule has 2 aromatic carbocycles. The summed E-state index contributed by atoms with van der Waals surface area (Å²) in [4.78, 5) is 19.6. The zero-order valence-corrected chi connectivity index (χ0v) is 12.8. The summed E-state index contributed by atoms with van der Waals surface area (Å²) in [6.07, 6.45) is 3.79. The van der Waals surface area contributed by atoms with Crippen molar-refractivity contribution in [3.63, 3.8) is 0 Å². The van der Waals surface area contributed by atoms with Crippen LogP contribution < -0.4 is 5.32 Å². The van der Waals surface area contributed by atoms with E-state index < -0.39 is 0 Å². The number of carbonyl (C=O) groups is 1. The van der Waals surface area contributed by atoms with Crippen LogP contribution in [-0.4, -0.2) is 25.7 Å². The summed E-state index contributed by atoms with van der Waals surface area (Å²) in [6, 6.07) is 17.4. The minimum Gasteiger partial charge on any atom is -0.324 e. The van der Waals surface area contributed by atoms with E-state index in [2.05, 4.69) is 20.4 Å². The predicted octanol–water partition coefficient (Wildman–Crippen LogP) is 2.93. The molecule has 0 aliphatic rings. The lowest BCUT2D eigenvalue weighted by molar-refractivity contribution is -0.115. The first-order valence-corrected chi connectivity index (χ1v) is 7.61. The van der Waals surface area contributed by atoms with Crippen molar-refractivity contribution in [1.29, 1.82) is 0 Å². The van der Waals surface area contributed by atoms with Crippen LogP contribution in [0.5, 0.6) is 0 Å². The van der Waals surface area contributed by atoms with Gasteiger partial charge in [-0.3, -0.25) is 10.1 Å². The molecule has 0 spiro atoms. The highest BCUT2D eigenvalue weighted by atomic mass is 16.1. The third kappa shape index (κ3) is 2.89. The lowest BCUT2D eigenvalue weighted by atomic mass is 10.2. The summed E-state index contributed by atoms with van der Waals surface area (Å²) in [6.45, 7) is 0. The highest BCUT2D eigenvalue weighted by Gasteiger charge is 2.09. The van der Waals surface area contributed by atoms with Crippen molar-refractivity contribution in [3.8, 4) is 5.69 Å². The quantitative estimate of drug-likeness (QED) is 0.607. The zero-order chi connectivity index (χ0) is 16.4. The van der Waals surface area contributed by atoms with Crippen LogP contribution in [0.15, 0.2) is 67.0 Å². The first-order valence-electron chi connectivity index (χ1n) is 7.61. The second kappa shape index (κ2) is 6.00. The summed E-state index contributed by atoms with van der Waals surface area (Å²) in [5.41, 5.74) is 3.52. The number of fused-ring (bicyclic) bond motifs is 1. The van der Waals surface area contributed by atoms with Gasteiger partial charge in [0.25, 0.3) is 0 Å². The minimum absolute atomic E-state index is 0.137. The summed E-state index contributed by atoms with van der Waals surface area (Å²) in [5, 5.41) is 7.08. The average Bonchev–Trinajstić information content (AvgIpc) is 3.21. The smallest absolute Gasteiger partial charge is 0.231 e. The Morgan fingerprint density at radius 2 is 1.88 bits per heavy atom. The van der Waals surface area contributed by atoms with Crippen molar-refractivity contribution in [2.75, 3.05) is 5.32 Å². The Balaban J connectivity index is 1.45. The molecule has 0 saturated carbocycles. The first-order chi connectivity index (χ1) is 11.8. The van der Waals surface area contributed by atoms with Gasteiger partial charge in [-0.2, -0.15) is 5.10 Å². The van der Waals surface area contributed by atoms with Crippen LogP contribution in [0.25, 0.3) is 16.7 Å². The molecule has 6 nitrogen and oxygen atoms in total. The maximum absolute atomic E-state index is 12.2. The number of nitrogens with zero attached hydrogens (tertiary/aromatic N) is 3. The number of amides is 1. The maximum atomic E-state index is 12.2. The van der Waals surface area contributed by atoms with Gasteiger partial charge in [0, 0.05) is 6.20 Å². The van der Waals surface area contributed by atoms with Crippen LogP contribution in [0.2, 0.25) is 0 Å². The topological polar surface area (TPSA) is 75.6 Å². The molecule has 4 rings (SSSR count).